The number of nitrogens with zero attached hydrogens (tertiary/aromatic N) is 1. The van der Waals surface area contributed by atoms with Crippen molar-refractivity contribution in [2.24, 2.45) is 0 Å². The zero-order valence-electron chi connectivity index (χ0n) is 11.7. The van der Waals surface area contributed by atoms with Gasteiger partial charge in [0.05, 0.1) is 12.3 Å². The van der Waals surface area contributed by atoms with Crippen molar-refractivity contribution in [3.05, 3.63) is 28.8 Å². The van der Waals surface area contributed by atoms with Gasteiger partial charge in [0.15, 0.2) is 0 Å². The SMILES string of the molecule is CCN(C(=O)OC(C)(C)C)c1cc(Cl)ccc1CO. The van der Waals surface area contributed by atoms with Gasteiger partial charge >= 0.3 is 6.09 Å². The lowest BCUT2D eigenvalue weighted by Gasteiger charge is -2.27. The minimum atomic E-state index is -0.567. The molecule has 0 aliphatic rings. The van der Waals surface area contributed by atoms with Crippen LogP contribution in [-0.4, -0.2) is 23.3 Å². The molecule has 0 radical (unpaired) electrons. The van der Waals surface area contributed by atoms with Crippen LogP contribution in [0.5, 0.6) is 0 Å². The Kier molecular flexibility index (Phi) is 5.20. The zero-order chi connectivity index (χ0) is 14.6. The Labute approximate surface area is 118 Å². The minimum Gasteiger partial charge on any atom is -0.443 e. The maximum Gasteiger partial charge on any atom is 0.414 e. The first kappa shape index (κ1) is 15.8. The quantitative estimate of drug-likeness (QED) is 0.923. The first-order valence-corrected chi connectivity index (χ1v) is 6.56. The lowest BCUT2D eigenvalue weighted by molar-refractivity contribution is 0.0582. The summed E-state index contributed by atoms with van der Waals surface area (Å²) in [6, 6.07) is 5.03. The van der Waals surface area contributed by atoms with Crippen LogP contribution >= 0.6 is 11.6 Å². The minimum absolute atomic E-state index is 0.161. The number of hydrogen-bond donors (Lipinski definition) is 1. The first-order chi connectivity index (χ1) is 8.78. The van der Waals surface area contributed by atoms with Crippen LogP contribution in [-0.2, 0) is 11.3 Å². The highest BCUT2D eigenvalue weighted by molar-refractivity contribution is 6.31. The summed E-state index contributed by atoms with van der Waals surface area (Å²) in [6.45, 7) is 7.54. The number of anilines is 1. The second-order valence-electron chi connectivity index (χ2n) is 5.16. The molecule has 4 nitrogen and oxygen atoms in total. The highest BCUT2D eigenvalue weighted by Gasteiger charge is 2.23. The largest absolute Gasteiger partial charge is 0.443 e. The van der Waals surface area contributed by atoms with Crippen molar-refractivity contribution in [1.82, 2.24) is 0 Å². The fraction of sp³-hybridized carbons (Fsp3) is 0.500. The van der Waals surface area contributed by atoms with Gasteiger partial charge in [-0.1, -0.05) is 17.7 Å². The van der Waals surface area contributed by atoms with E-state index in [-0.39, 0.29) is 6.61 Å². The molecule has 0 fully saturated rings. The Hall–Kier alpha value is -1.26. The molecule has 0 saturated carbocycles. The van der Waals surface area contributed by atoms with Gasteiger partial charge in [0, 0.05) is 17.1 Å². The molecule has 0 saturated heterocycles. The summed E-state index contributed by atoms with van der Waals surface area (Å²) in [6.07, 6.45) is -0.452. The maximum absolute atomic E-state index is 12.1. The van der Waals surface area contributed by atoms with E-state index in [1.807, 2.05) is 27.7 Å². The van der Waals surface area contributed by atoms with E-state index in [1.54, 1.807) is 18.2 Å². The number of carbonyl (C=O) groups excluding carboxylic acids is 1. The predicted octanol–water partition coefficient (Wildman–Crippen LogP) is 3.59. The van der Waals surface area contributed by atoms with Crippen molar-refractivity contribution >= 4 is 23.4 Å². The molecule has 0 spiro atoms. The van der Waals surface area contributed by atoms with Gasteiger partial charge in [-0.15, -0.1) is 0 Å². The summed E-state index contributed by atoms with van der Waals surface area (Å²) in [5.74, 6) is 0. The summed E-state index contributed by atoms with van der Waals surface area (Å²) in [5.41, 5.74) is 0.645. The smallest absolute Gasteiger partial charge is 0.414 e. The Bertz CT molecular complexity index is 454. The normalized spacial score (nSPS) is 11.3. The second-order valence-corrected chi connectivity index (χ2v) is 5.59. The van der Waals surface area contributed by atoms with Gasteiger partial charge in [-0.3, -0.25) is 4.90 Å². The average Bonchev–Trinajstić information content (AvgIpc) is 2.28. The predicted molar refractivity (Wildman–Crippen MR) is 76.6 cm³/mol. The van der Waals surface area contributed by atoms with Crippen LogP contribution in [0, 0.1) is 0 Å². The Morgan fingerprint density at radius 2 is 2.05 bits per heavy atom. The van der Waals surface area contributed by atoms with Crippen molar-refractivity contribution in [2.45, 2.75) is 39.9 Å². The molecule has 106 valence electrons. The van der Waals surface area contributed by atoms with E-state index in [0.717, 1.165) is 0 Å². The van der Waals surface area contributed by atoms with Crippen LogP contribution in [0.25, 0.3) is 0 Å². The van der Waals surface area contributed by atoms with Crippen LogP contribution in [0.3, 0.4) is 0 Å². The molecule has 1 N–H and O–H groups in total. The van der Waals surface area contributed by atoms with Gasteiger partial charge in [0.25, 0.3) is 0 Å². The monoisotopic (exact) mass is 285 g/mol. The summed E-state index contributed by atoms with van der Waals surface area (Å²) in [7, 11) is 0. The van der Waals surface area contributed by atoms with Crippen molar-refractivity contribution in [3.8, 4) is 0 Å². The molecule has 1 rings (SSSR count). The van der Waals surface area contributed by atoms with Crippen molar-refractivity contribution < 1.29 is 14.6 Å². The molecule has 5 heteroatoms. The van der Waals surface area contributed by atoms with Crippen LogP contribution in [0.1, 0.15) is 33.3 Å². The lowest BCUT2D eigenvalue weighted by Crippen LogP contribution is -2.37. The van der Waals surface area contributed by atoms with E-state index in [1.165, 1.54) is 4.90 Å². The molecule has 0 heterocycles. The number of aliphatic hydroxyl groups is 1. The molecule has 0 unspecified atom stereocenters. The van der Waals surface area contributed by atoms with Gasteiger partial charge < -0.3 is 9.84 Å². The Morgan fingerprint density at radius 1 is 1.42 bits per heavy atom. The Morgan fingerprint density at radius 3 is 2.53 bits per heavy atom. The van der Waals surface area contributed by atoms with E-state index in [2.05, 4.69) is 0 Å². The van der Waals surface area contributed by atoms with Crippen LogP contribution < -0.4 is 4.90 Å². The van der Waals surface area contributed by atoms with E-state index >= 15 is 0 Å². The summed E-state index contributed by atoms with van der Waals surface area (Å²) < 4.78 is 5.35. The van der Waals surface area contributed by atoms with Crippen LogP contribution in [0.2, 0.25) is 5.02 Å². The molecule has 0 aliphatic carbocycles. The fourth-order valence-corrected chi connectivity index (χ4v) is 1.80. The summed E-state index contributed by atoms with van der Waals surface area (Å²) in [5, 5.41) is 9.85. The van der Waals surface area contributed by atoms with E-state index in [9.17, 15) is 9.90 Å². The topological polar surface area (TPSA) is 49.8 Å². The average molecular weight is 286 g/mol. The highest BCUT2D eigenvalue weighted by atomic mass is 35.5. The number of ether oxygens (including phenoxy) is 1. The lowest BCUT2D eigenvalue weighted by atomic mass is 10.1. The van der Waals surface area contributed by atoms with Gasteiger partial charge in [0.2, 0.25) is 0 Å². The molecule has 0 aliphatic heterocycles. The summed E-state index contributed by atoms with van der Waals surface area (Å²) in [4.78, 5) is 13.6. The molecule has 19 heavy (non-hydrogen) atoms. The molecule has 1 amide bonds. The maximum atomic E-state index is 12.1. The van der Waals surface area contributed by atoms with Crippen molar-refractivity contribution in [3.63, 3.8) is 0 Å². The molecular weight excluding hydrogens is 266 g/mol. The molecule has 0 atom stereocenters. The number of aliphatic hydroxyl groups excluding tert-OH is 1. The fourth-order valence-electron chi connectivity index (χ4n) is 1.64. The molecule has 1 aromatic carbocycles. The number of rotatable bonds is 3. The Balaban J connectivity index is 3.09. The molecule has 1 aromatic rings. The van der Waals surface area contributed by atoms with Crippen molar-refractivity contribution in [2.75, 3.05) is 11.4 Å². The van der Waals surface area contributed by atoms with Gasteiger partial charge in [-0.05, 0) is 39.8 Å². The third kappa shape index (κ3) is 4.40. The first-order valence-electron chi connectivity index (χ1n) is 6.18. The standard InChI is InChI=1S/C14H20ClNO3/c1-5-16(13(18)19-14(2,3)4)12-8-11(15)7-6-10(12)9-17/h6-8,17H,5,9H2,1-4H3. The number of hydrogen-bond acceptors (Lipinski definition) is 3. The second kappa shape index (κ2) is 6.26. The van der Waals surface area contributed by atoms with Gasteiger partial charge in [-0.2, -0.15) is 0 Å². The molecule has 0 bridgehead atoms. The van der Waals surface area contributed by atoms with Gasteiger partial charge in [-0.25, -0.2) is 4.79 Å². The number of halogens is 1. The zero-order valence-corrected chi connectivity index (χ0v) is 12.5. The number of carbonyl (C=O) groups is 1. The molecule has 0 aromatic heterocycles. The van der Waals surface area contributed by atoms with E-state index in [0.29, 0.717) is 22.8 Å². The third-order valence-corrected chi connectivity index (χ3v) is 2.67. The third-order valence-electron chi connectivity index (χ3n) is 2.44. The van der Waals surface area contributed by atoms with E-state index in [4.69, 9.17) is 16.3 Å². The van der Waals surface area contributed by atoms with E-state index < -0.39 is 11.7 Å². The highest BCUT2D eigenvalue weighted by Crippen LogP contribution is 2.26. The summed E-state index contributed by atoms with van der Waals surface area (Å²) >= 11 is 5.95. The van der Waals surface area contributed by atoms with Crippen LogP contribution in [0.4, 0.5) is 10.5 Å². The van der Waals surface area contributed by atoms with Crippen LogP contribution in [0.15, 0.2) is 18.2 Å². The molecular formula is C14H20ClNO3. The van der Waals surface area contributed by atoms with Crippen molar-refractivity contribution in [1.29, 1.82) is 0 Å². The number of benzene rings is 1. The number of amides is 1. The van der Waals surface area contributed by atoms with Gasteiger partial charge in [0.1, 0.15) is 5.60 Å².